The summed E-state index contributed by atoms with van der Waals surface area (Å²) in [7, 11) is 0. The summed E-state index contributed by atoms with van der Waals surface area (Å²) in [4.78, 5) is 24.0. The first-order valence-electron chi connectivity index (χ1n) is 8.57. The molecule has 9 heteroatoms. The molecular formula is C20H17F3N4O2. The van der Waals surface area contributed by atoms with E-state index in [0.29, 0.717) is 11.3 Å². The second-order valence-corrected chi connectivity index (χ2v) is 6.40. The van der Waals surface area contributed by atoms with E-state index in [1.54, 1.807) is 24.3 Å². The van der Waals surface area contributed by atoms with Gasteiger partial charge in [-0.2, -0.15) is 18.3 Å². The Labute approximate surface area is 164 Å². The average molecular weight is 402 g/mol. The van der Waals surface area contributed by atoms with E-state index in [-0.39, 0.29) is 11.4 Å². The molecule has 1 heterocycles. The highest BCUT2D eigenvalue weighted by Crippen LogP contribution is 2.31. The van der Waals surface area contributed by atoms with Gasteiger partial charge >= 0.3 is 12.2 Å². The van der Waals surface area contributed by atoms with Crippen LogP contribution in [-0.2, 0) is 6.18 Å². The lowest BCUT2D eigenvalue weighted by atomic mass is 10.1. The van der Waals surface area contributed by atoms with Gasteiger partial charge in [-0.3, -0.25) is 10.1 Å². The van der Waals surface area contributed by atoms with E-state index in [0.717, 1.165) is 16.3 Å². The lowest BCUT2D eigenvalue weighted by Gasteiger charge is -2.11. The number of hydrogen-bond donors (Lipinski definition) is 2. The van der Waals surface area contributed by atoms with Gasteiger partial charge in [0.25, 0.3) is 5.91 Å². The first-order valence-corrected chi connectivity index (χ1v) is 8.57. The number of rotatable bonds is 3. The Morgan fingerprint density at radius 1 is 0.966 bits per heavy atom. The molecule has 3 amide bonds. The molecule has 0 bridgehead atoms. The number of halogens is 3. The van der Waals surface area contributed by atoms with E-state index in [9.17, 15) is 22.8 Å². The molecule has 1 aromatic heterocycles. The lowest BCUT2D eigenvalue weighted by Crippen LogP contribution is -2.34. The van der Waals surface area contributed by atoms with Gasteiger partial charge in [0.15, 0.2) is 0 Å². The van der Waals surface area contributed by atoms with Gasteiger partial charge in [-0.15, -0.1) is 0 Å². The van der Waals surface area contributed by atoms with Crippen LogP contribution in [0.1, 0.15) is 27.3 Å². The summed E-state index contributed by atoms with van der Waals surface area (Å²) in [6.45, 7) is 3.34. The number of hydrogen-bond acceptors (Lipinski definition) is 3. The molecule has 0 aliphatic heterocycles. The van der Waals surface area contributed by atoms with Crippen LogP contribution in [-0.4, -0.2) is 21.7 Å². The zero-order valence-electron chi connectivity index (χ0n) is 15.5. The van der Waals surface area contributed by atoms with Gasteiger partial charge in [0.1, 0.15) is 5.69 Å². The van der Waals surface area contributed by atoms with Crippen molar-refractivity contribution in [3.63, 3.8) is 0 Å². The molecule has 0 radical (unpaired) electrons. The molecule has 0 spiro atoms. The summed E-state index contributed by atoms with van der Waals surface area (Å²) < 4.78 is 40.2. The molecule has 2 aromatic carbocycles. The smallest absolute Gasteiger partial charge is 0.308 e. The molecular weight excluding hydrogens is 385 g/mol. The van der Waals surface area contributed by atoms with Gasteiger partial charge in [0, 0.05) is 11.3 Å². The van der Waals surface area contributed by atoms with Crippen molar-refractivity contribution in [1.82, 2.24) is 15.1 Å². The predicted molar refractivity (Wildman–Crippen MR) is 101 cm³/mol. The van der Waals surface area contributed by atoms with Crippen LogP contribution in [0, 0.1) is 13.8 Å². The number of imide groups is 1. The fourth-order valence-electron chi connectivity index (χ4n) is 2.63. The quantitative estimate of drug-likeness (QED) is 0.679. The molecule has 3 aromatic rings. The molecule has 0 saturated heterocycles. The minimum atomic E-state index is -4.55. The van der Waals surface area contributed by atoms with Crippen LogP contribution in [0.4, 0.5) is 23.7 Å². The Morgan fingerprint density at radius 3 is 2.17 bits per heavy atom. The molecule has 0 atom stereocenters. The molecule has 0 aliphatic carbocycles. The molecule has 3 rings (SSSR count). The van der Waals surface area contributed by atoms with E-state index < -0.39 is 23.8 Å². The molecule has 0 unspecified atom stereocenters. The van der Waals surface area contributed by atoms with Crippen molar-refractivity contribution in [3.8, 4) is 5.69 Å². The van der Waals surface area contributed by atoms with Gasteiger partial charge in [-0.25, -0.2) is 9.48 Å². The molecule has 150 valence electrons. The molecule has 0 aliphatic rings. The highest BCUT2D eigenvalue weighted by molar-refractivity contribution is 6.07. The predicted octanol–water partition coefficient (Wildman–Crippen LogP) is 4.47. The van der Waals surface area contributed by atoms with Gasteiger partial charge in [0.2, 0.25) is 0 Å². The summed E-state index contributed by atoms with van der Waals surface area (Å²) >= 11 is 0. The Hall–Kier alpha value is -3.62. The van der Waals surface area contributed by atoms with E-state index in [1.807, 2.05) is 6.92 Å². The summed E-state index contributed by atoms with van der Waals surface area (Å²) in [6, 6.07) is 12.5. The molecule has 6 nitrogen and oxygen atoms in total. The van der Waals surface area contributed by atoms with Crippen molar-refractivity contribution < 1.29 is 22.8 Å². The number of anilines is 1. The number of nitrogens with one attached hydrogen (secondary N) is 2. The zero-order valence-corrected chi connectivity index (χ0v) is 15.5. The number of nitrogens with zero attached hydrogens (tertiary/aromatic N) is 2. The minimum Gasteiger partial charge on any atom is -0.308 e. The highest BCUT2D eigenvalue weighted by atomic mass is 19.4. The maximum absolute atomic E-state index is 13.1. The van der Waals surface area contributed by atoms with Gasteiger partial charge < -0.3 is 5.32 Å². The minimum absolute atomic E-state index is 0.187. The van der Waals surface area contributed by atoms with Gasteiger partial charge in [0.05, 0.1) is 11.4 Å². The number of aromatic nitrogens is 2. The van der Waals surface area contributed by atoms with Crippen molar-refractivity contribution in [1.29, 1.82) is 0 Å². The zero-order chi connectivity index (χ0) is 21.2. The average Bonchev–Trinajstić information content (AvgIpc) is 3.05. The fourth-order valence-corrected chi connectivity index (χ4v) is 2.63. The van der Waals surface area contributed by atoms with E-state index >= 15 is 0 Å². The number of benzene rings is 2. The van der Waals surface area contributed by atoms with Crippen molar-refractivity contribution in [2.75, 3.05) is 5.32 Å². The summed E-state index contributed by atoms with van der Waals surface area (Å²) in [5, 5.41) is 8.52. The van der Waals surface area contributed by atoms with Crippen molar-refractivity contribution in [3.05, 3.63) is 77.1 Å². The molecule has 0 fully saturated rings. The van der Waals surface area contributed by atoms with Crippen LogP contribution in [0.2, 0.25) is 0 Å². The maximum Gasteiger partial charge on any atom is 0.433 e. The largest absolute Gasteiger partial charge is 0.433 e. The van der Waals surface area contributed by atoms with Crippen LogP contribution in [0.25, 0.3) is 5.69 Å². The van der Waals surface area contributed by atoms with E-state index in [4.69, 9.17) is 0 Å². The third-order valence-electron chi connectivity index (χ3n) is 4.03. The first kappa shape index (κ1) is 20.1. The summed E-state index contributed by atoms with van der Waals surface area (Å²) in [6.07, 6.45) is -4.55. The number of carbonyl (C=O) groups excluding carboxylic acids is 2. The Morgan fingerprint density at radius 2 is 1.59 bits per heavy atom. The van der Waals surface area contributed by atoms with Crippen molar-refractivity contribution >= 4 is 17.6 Å². The van der Waals surface area contributed by atoms with Gasteiger partial charge in [-0.1, -0.05) is 17.7 Å². The SMILES string of the molecule is Cc1ccc(C(=O)NC(=O)Nc2ccc(-n3nc(C)cc3C(F)(F)F)cc2)cc1. The van der Waals surface area contributed by atoms with E-state index in [2.05, 4.69) is 15.7 Å². The topological polar surface area (TPSA) is 76.0 Å². The number of carbonyl (C=O) groups is 2. The third kappa shape index (κ3) is 4.81. The summed E-state index contributed by atoms with van der Waals surface area (Å²) in [5.41, 5.74) is 1.14. The first-order chi connectivity index (χ1) is 13.6. The molecule has 0 saturated carbocycles. The van der Waals surface area contributed by atoms with Crippen LogP contribution in [0.3, 0.4) is 0 Å². The van der Waals surface area contributed by atoms with Crippen LogP contribution in [0.15, 0.2) is 54.6 Å². The third-order valence-corrected chi connectivity index (χ3v) is 4.03. The van der Waals surface area contributed by atoms with Gasteiger partial charge in [-0.05, 0) is 56.3 Å². The number of aryl methyl sites for hydroxylation is 2. The van der Waals surface area contributed by atoms with Crippen molar-refractivity contribution in [2.24, 2.45) is 0 Å². The standard InChI is InChI=1S/C20H17F3N4O2/c1-12-3-5-14(6-4-12)18(28)25-19(29)24-15-7-9-16(10-8-15)27-17(20(21,22)23)11-13(2)26-27/h3-11H,1-2H3,(H2,24,25,28,29). The fraction of sp³-hybridized carbons (Fsp3) is 0.150. The van der Waals surface area contributed by atoms with Crippen molar-refractivity contribution in [2.45, 2.75) is 20.0 Å². The monoisotopic (exact) mass is 402 g/mol. The molecule has 29 heavy (non-hydrogen) atoms. The number of urea groups is 1. The highest BCUT2D eigenvalue weighted by Gasteiger charge is 2.35. The number of amides is 3. The maximum atomic E-state index is 13.1. The van der Waals surface area contributed by atoms with Crippen LogP contribution < -0.4 is 10.6 Å². The number of alkyl halides is 3. The van der Waals surface area contributed by atoms with Crippen LogP contribution in [0.5, 0.6) is 0 Å². The summed E-state index contributed by atoms with van der Waals surface area (Å²) in [5.74, 6) is -0.569. The Balaban J connectivity index is 1.69. The lowest BCUT2D eigenvalue weighted by molar-refractivity contribution is -0.142. The normalized spacial score (nSPS) is 11.2. The molecule has 2 N–H and O–H groups in total. The second-order valence-electron chi connectivity index (χ2n) is 6.40. The second kappa shape index (κ2) is 7.78. The Kier molecular flexibility index (Phi) is 5.40. The Bertz CT molecular complexity index is 1040. The van der Waals surface area contributed by atoms with E-state index in [1.165, 1.54) is 31.2 Å². The van der Waals surface area contributed by atoms with Crippen LogP contribution >= 0.6 is 0 Å².